The largest absolute Gasteiger partial charge is 0.379 e. The molecule has 2 aliphatic heterocycles. The van der Waals surface area contributed by atoms with Gasteiger partial charge >= 0.3 is 6.03 Å². The highest BCUT2D eigenvalue weighted by Crippen LogP contribution is 2.45. The normalized spacial score (nSPS) is 27.0. The molecule has 11 heteroatoms. The highest BCUT2D eigenvalue weighted by Gasteiger charge is 2.49. The summed E-state index contributed by atoms with van der Waals surface area (Å²) in [6, 6.07) is 4.88. The summed E-state index contributed by atoms with van der Waals surface area (Å²) in [6.45, 7) is 4.45. The zero-order valence-corrected chi connectivity index (χ0v) is 19.6. The molecule has 2 N–H and O–H groups in total. The van der Waals surface area contributed by atoms with Gasteiger partial charge in [0, 0.05) is 62.2 Å². The maximum Gasteiger partial charge on any atom is 0.317 e. The molecule has 1 aliphatic carbocycles. The molecule has 0 radical (unpaired) electrons. The maximum atomic E-state index is 12.6. The average molecular weight is 476 g/mol. The smallest absolute Gasteiger partial charge is 0.317 e. The Kier molecular flexibility index (Phi) is 5.62. The summed E-state index contributed by atoms with van der Waals surface area (Å²) >= 11 is 0. The fourth-order valence-corrected chi connectivity index (χ4v) is 5.65. The number of carbonyl (C=O) groups is 1. The van der Waals surface area contributed by atoms with Gasteiger partial charge in [-0.2, -0.15) is 10.4 Å². The predicted octanol–water partition coefficient (Wildman–Crippen LogP) is 1.71. The number of amides is 2. The van der Waals surface area contributed by atoms with E-state index in [0.29, 0.717) is 32.2 Å². The van der Waals surface area contributed by atoms with Gasteiger partial charge in [0.25, 0.3) is 0 Å². The van der Waals surface area contributed by atoms with Gasteiger partial charge in [-0.05, 0) is 25.3 Å². The van der Waals surface area contributed by atoms with Crippen LogP contribution in [0, 0.1) is 11.3 Å². The molecule has 3 fully saturated rings. The molecule has 0 unspecified atom stereocenters. The number of fused-ring (bicyclic) bond motifs is 1. The van der Waals surface area contributed by atoms with E-state index in [-0.39, 0.29) is 17.6 Å². The Morgan fingerprint density at radius 1 is 1.29 bits per heavy atom. The Hall–Kier alpha value is -3.49. The molecule has 2 saturated heterocycles. The van der Waals surface area contributed by atoms with E-state index < -0.39 is 0 Å². The monoisotopic (exact) mass is 475 g/mol. The van der Waals surface area contributed by atoms with Crippen LogP contribution in [0.2, 0.25) is 0 Å². The van der Waals surface area contributed by atoms with E-state index in [1.165, 1.54) is 0 Å². The van der Waals surface area contributed by atoms with Crippen molar-refractivity contribution in [1.29, 1.82) is 5.26 Å². The summed E-state index contributed by atoms with van der Waals surface area (Å²) in [4.78, 5) is 28.8. The topological polar surface area (TPSA) is 128 Å². The van der Waals surface area contributed by atoms with Gasteiger partial charge in [0.15, 0.2) is 0 Å². The van der Waals surface area contributed by atoms with Crippen molar-refractivity contribution >= 4 is 17.1 Å². The van der Waals surface area contributed by atoms with Gasteiger partial charge in [-0.25, -0.2) is 14.8 Å². The lowest BCUT2D eigenvalue weighted by Crippen LogP contribution is -2.61. The molecule has 2 amide bonds. The molecule has 3 aromatic heterocycles. The Bertz CT molecular complexity index is 1240. The number of aromatic amines is 1. The van der Waals surface area contributed by atoms with Gasteiger partial charge in [0.05, 0.1) is 42.6 Å². The molecule has 182 valence electrons. The van der Waals surface area contributed by atoms with Crippen molar-refractivity contribution in [2.24, 2.45) is 0 Å². The number of hydrogen-bond acceptors (Lipinski definition) is 7. The third-order valence-electron chi connectivity index (χ3n) is 7.71. The van der Waals surface area contributed by atoms with Crippen LogP contribution < -0.4 is 5.32 Å². The number of nitrogens with zero attached hydrogens (tertiary/aromatic N) is 7. The van der Waals surface area contributed by atoms with Crippen molar-refractivity contribution in [1.82, 2.24) is 39.8 Å². The van der Waals surface area contributed by atoms with E-state index in [2.05, 4.69) is 36.3 Å². The number of aromatic nitrogens is 5. The first kappa shape index (κ1) is 22.0. The molecular formula is C24H29N9O2. The van der Waals surface area contributed by atoms with Crippen LogP contribution in [0.5, 0.6) is 0 Å². The fraction of sp³-hybridized carbons (Fsp3) is 0.542. The van der Waals surface area contributed by atoms with E-state index in [1.807, 2.05) is 34.2 Å². The lowest BCUT2D eigenvalue weighted by Gasteiger charge is -2.52. The zero-order valence-electron chi connectivity index (χ0n) is 19.6. The summed E-state index contributed by atoms with van der Waals surface area (Å²) in [7, 11) is 0. The Labute approximate surface area is 203 Å². The number of H-pyrrole nitrogens is 1. The van der Waals surface area contributed by atoms with Crippen molar-refractivity contribution < 1.29 is 9.53 Å². The minimum atomic E-state index is -0.307. The van der Waals surface area contributed by atoms with E-state index in [9.17, 15) is 10.1 Å². The van der Waals surface area contributed by atoms with E-state index in [1.54, 1.807) is 6.33 Å². The fourth-order valence-electron chi connectivity index (χ4n) is 5.65. The summed E-state index contributed by atoms with van der Waals surface area (Å²) in [5.74, 6) is 0. The molecule has 3 aromatic rings. The molecule has 35 heavy (non-hydrogen) atoms. The second-order valence-corrected chi connectivity index (χ2v) is 9.79. The summed E-state index contributed by atoms with van der Waals surface area (Å²) in [5.41, 5.74) is 2.25. The predicted molar refractivity (Wildman–Crippen MR) is 127 cm³/mol. The standard InChI is InChI=1S/C24H29N9O2/c25-4-3-24(33-14-17(13-29-33)21-20-1-5-26-22(20)28-16-27-21)11-19(12-24)31-6-8-32(9-7-31)23(34)30-18-2-10-35-15-18/h1,5,13-14,16,18-19H,2-3,6-12,15H2,(H,30,34)(H,26,27,28)/t18-,19?,24?/m1/s1. The second-order valence-electron chi connectivity index (χ2n) is 9.79. The van der Waals surface area contributed by atoms with Gasteiger partial charge in [-0.15, -0.1) is 0 Å². The molecule has 3 aliphatic rings. The van der Waals surface area contributed by atoms with Crippen LogP contribution in [-0.2, 0) is 10.3 Å². The van der Waals surface area contributed by atoms with E-state index >= 15 is 0 Å². The van der Waals surface area contributed by atoms with Crippen molar-refractivity contribution in [3.8, 4) is 17.3 Å². The van der Waals surface area contributed by atoms with Crippen LogP contribution in [0.25, 0.3) is 22.3 Å². The minimum Gasteiger partial charge on any atom is -0.379 e. The first-order chi connectivity index (χ1) is 17.1. The molecule has 0 aromatic carbocycles. The number of nitriles is 1. The van der Waals surface area contributed by atoms with E-state index in [0.717, 1.165) is 61.2 Å². The van der Waals surface area contributed by atoms with Crippen LogP contribution in [0.4, 0.5) is 4.79 Å². The minimum absolute atomic E-state index is 0.0120. The summed E-state index contributed by atoms with van der Waals surface area (Å²) < 4.78 is 7.32. The third-order valence-corrected chi connectivity index (χ3v) is 7.71. The lowest BCUT2D eigenvalue weighted by atomic mass is 9.70. The van der Waals surface area contributed by atoms with E-state index in [4.69, 9.17) is 4.74 Å². The van der Waals surface area contributed by atoms with Gasteiger partial charge in [-0.3, -0.25) is 9.58 Å². The van der Waals surface area contributed by atoms with Crippen molar-refractivity contribution in [2.45, 2.75) is 43.3 Å². The van der Waals surface area contributed by atoms with Gasteiger partial charge in [0.1, 0.15) is 12.0 Å². The summed E-state index contributed by atoms with van der Waals surface area (Å²) in [5, 5.41) is 18.3. The second kappa shape index (κ2) is 8.94. The number of rotatable bonds is 5. The van der Waals surface area contributed by atoms with Gasteiger partial charge in [0.2, 0.25) is 0 Å². The highest BCUT2D eigenvalue weighted by atomic mass is 16.5. The van der Waals surface area contributed by atoms with Gasteiger partial charge in [-0.1, -0.05) is 0 Å². The molecule has 1 saturated carbocycles. The van der Waals surface area contributed by atoms with Gasteiger partial charge < -0.3 is 19.9 Å². The van der Waals surface area contributed by atoms with Crippen LogP contribution in [0.15, 0.2) is 31.0 Å². The van der Waals surface area contributed by atoms with Crippen LogP contribution in [0.1, 0.15) is 25.7 Å². The third kappa shape index (κ3) is 4.02. The molecule has 5 heterocycles. The van der Waals surface area contributed by atoms with Crippen LogP contribution in [-0.4, -0.2) is 92.0 Å². The zero-order chi connectivity index (χ0) is 23.8. The number of ether oxygens (including phenoxy) is 1. The number of piperazine rings is 1. The van der Waals surface area contributed by atoms with Crippen molar-refractivity contribution in [3.63, 3.8) is 0 Å². The number of nitrogens with one attached hydrogen (secondary N) is 2. The molecule has 1 atom stereocenters. The summed E-state index contributed by atoms with van der Waals surface area (Å²) in [6.07, 6.45) is 10.3. The Morgan fingerprint density at radius 3 is 2.91 bits per heavy atom. The Morgan fingerprint density at radius 2 is 2.14 bits per heavy atom. The Balaban J connectivity index is 1.10. The SMILES string of the molecule is N#CCC1(n2cc(-c3ncnc4[nH]ccc34)cn2)CC(N2CCN(C(=O)N[C@@H]3CCOC3)CC2)C1. The number of carbonyl (C=O) groups excluding carboxylic acids is 1. The number of urea groups is 1. The van der Waals surface area contributed by atoms with Crippen LogP contribution >= 0.6 is 0 Å². The molecular weight excluding hydrogens is 446 g/mol. The number of hydrogen-bond donors (Lipinski definition) is 2. The maximum absolute atomic E-state index is 12.6. The molecule has 0 spiro atoms. The molecule has 11 nitrogen and oxygen atoms in total. The quantitative estimate of drug-likeness (QED) is 0.575. The average Bonchev–Trinajstić information content (AvgIpc) is 3.63. The lowest BCUT2D eigenvalue weighted by molar-refractivity contribution is -0.0130. The molecule has 6 rings (SSSR count). The first-order valence-electron chi connectivity index (χ1n) is 12.2. The van der Waals surface area contributed by atoms with Crippen molar-refractivity contribution in [2.75, 3.05) is 39.4 Å². The molecule has 0 bridgehead atoms. The first-order valence-corrected chi connectivity index (χ1v) is 12.2. The highest BCUT2D eigenvalue weighted by molar-refractivity contribution is 5.90. The van der Waals surface area contributed by atoms with Crippen molar-refractivity contribution in [3.05, 3.63) is 31.0 Å². The van der Waals surface area contributed by atoms with Crippen LogP contribution in [0.3, 0.4) is 0 Å².